The first-order valence-electron chi connectivity index (χ1n) is 19.0. The van der Waals surface area contributed by atoms with E-state index in [4.69, 9.17) is 20.9 Å². The van der Waals surface area contributed by atoms with E-state index in [1.807, 2.05) is 13.8 Å². The lowest BCUT2D eigenvalue weighted by Crippen LogP contribution is -2.38. The molecule has 0 saturated carbocycles. The van der Waals surface area contributed by atoms with Crippen LogP contribution in [0.4, 0.5) is 5.95 Å². The van der Waals surface area contributed by atoms with E-state index in [9.17, 15) is 14.4 Å². The molecule has 274 valence electrons. The summed E-state index contributed by atoms with van der Waals surface area (Å²) >= 11 is 0. The quantitative estimate of drug-likeness (QED) is 0.0497. The number of carbonyl (C=O) groups is 2. The molecule has 2 atom stereocenters. The fourth-order valence-corrected chi connectivity index (χ4v) is 5.91. The highest BCUT2D eigenvalue weighted by atomic mass is 16.5. The Morgan fingerprint density at radius 2 is 1.27 bits per heavy atom. The Morgan fingerprint density at radius 3 is 1.79 bits per heavy atom. The molecular formula is C37H66N6O5. The molecule has 11 heteroatoms. The predicted molar refractivity (Wildman–Crippen MR) is 193 cm³/mol. The number of nitrogens with zero attached hydrogens (tertiary/aromatic N) is 2. The highest BCUT2D eigenvalue weighted by molar-refractivity contribution is 5.75. The van der Waals surface area contributed by atoms with Crippen molar-refractivity contribution in [2.75, 3.05) is 18.9 Å². The predicted octanol–water partition coefficient (Wildman–Crippen LogP) is 7.67. The fourth-order valence-electron chi connectivity index (χ4n) is 5.91. The van der Waals surface area contributed by atoms with Crippen LogP contribution in [0.5, 0.6) is 0 Å². The molecule has 2 aromatic heterocycles. The monoisotopic (exact) mass is 675 g/mol. The van der Waals surface area contributed by atoms with E-state index in [1.165, 1.54) is 103 Å². The first kappa shape index (κ1) is 41.2. The van der Waals surface area contributed by atoms with Crippen LogP contribution in [-0.2, 0) is 25.5 Å². The van der Waals surface area contributed by atoms with Gasteiger partial charge in [-0.1, -0.05) is 136 Å². The van der Waals surface area contributed by atoms with Gasteiger partial charge in [0.15, 0.2) is 11.2 Å². The highest BCUT2D eigenvalue weighted by Crippen LogP contribution is 2.17. The van der Waals surface area contributed by atoms with Gasteiger partial charge in [-0.3, -0.25) is 19.4 Å². The van der Waals surface area contributed by atoms with Crippen molar-refractivity contribution in [2.45, 2.75) is 168 Å². The van der Waals surface area contributed by atoms with Gasteiger partial charge in [0, 0.05) is 18.8 Å². The number of aromatic nitrogens is 4. The van der Waals surface area contributed by atoms with Crippen LogP contribution in [0.25, 0.3) is 11.2 Å². The van der Waals surface area contributed by atoms with Crippen molar-refractivity contribution in [1.82, 2.24) is 19.9 Å². The maximum atomic E-state index is 12.4. The minimum absolute atomic E-state index is 0.0179. The van der Waals surface area contributed by atoms with E-state index in [-0.39, 0.29) is 48.1 Å². The highest BCUT2D eigenvalue weighted by Gasteiger charge is 2.22. The normalized spacial score (nSPS) is 12.9. The number of aromatic amines is 2. The third-order valence-corrected chi connectivity index (χ3v) is 9.14. The zero-order valence-electron chi connectivity index (χ0n) is 30.3. The summed E-state index contributed by atoms with van der Waals surface area (Å²) < 4.78 is 11.0. The van der Waals surface area contributed by atoms with Crippen LogP contribution in [0.3, 0.4) is 0 Å². The molecule has 0 radical (unpaired) electrons. The molecule has 0 aromatic carbocycles. The summed E-state index contributed by atoms with van der Waals surface area (Å²) in [5, 5.41) is 0. The van der Waals surface area contributed by atoms with Gasteiger partial charge >= 0.3 is 11.9 Å². The van der Waals surface area contributed by atoms with E-state index in [1.54, 1.807) is 0 Å². The Kier molecular flexibility index (Phi) is 21.5. The lowest BCUT2D eigenvalue weighted by Gasteiger charge is -2.19. The second-order valence-electron chi connectivity index (χ2n) is 13.9. The van der Waals surface area contributed by atoms with Crippen molar-refractivity contribution < 1.29 is 19.1 Å². The summed E-state index contributed by atoms with van der Waals surface area (Å²) in [4.78, 5) is 50.8. The number of unbranched alkanes of at least 4 members (excludes halogenated alkanes) is 18. The van der Waals surface area contributed by atoms with Gasteiger partial charge in [-0.15, -0.1) is 0 Å². The van der Waals surface area contributed by atoms with Crippen LogP contribution in [0.15, 0.2) is 4.79 Å². The molecule has 11 nitrogen and oxygen atoms in total. The van der Waals surface area contributed by atoms with E-state index in [2.05, 4.69) is 26.9 Å². The van der Waals surface area contributed by atoms with E-state index < -0.39 is 17.6 Å². The van der Waals surface area contributed by atoms with Gasteiger partial charge in [-0.25, -0.2) is 4.98 Å². The zero-order chi connectivity index (χ0) is 35.0. The molecule has 0 amide bonds. The van der Waals surface area contributed by atoms with Crippen molar-refractivity contribution in [3.8, 4) is 0 Å². The average molecular weight is 675 g/mol. The van der Waals surface area contributed by atoms with Crippen molar-refractivity contribution in [2.24, 2.45) is 17.6 Å². The van der Waals surface area contributed by atoms with Crippen molar-refractivity contribution in [3.63, 3.8) is 0 Å². The van der Waals surface area contributed by atoms with Gasteiger partial charge in [-0.2, -0.15) is 4.98 Å². The molecule has 6 N–H and O–H groups in total. The summed E-state index contributed by atoms with van der Waals surface area (Å²) in [6.07, 6.45) is 26.2. The lowest BCUT2D eigenvalue weighted by atomic mass is 10.0. The van der Waals surface area contributed by atoms with Crippen LogP contribution in [0.1, 0.15) is 161 Å². The number of carbonyl (C=O) groups excluding carboxylic acids is 2. The summed E-state index contributed by atoms with van der Waals surface area (Å²) in [7, 11) is 0. The van der Waals surface area contributed by atoms with Gasteiger partial charge in [0.05, 0.1) is 13.2 Å². The minimum atomic E-state index is -0.723. The van der Waals surface area contributed by atoms with Crippen LogP contribution in [0, 0.1) is 11.8 Å². The molecule has 2 aromatic rings. The Bertz CT molecular complexity index is 1210. The van der Waals surface area contributed by atoms with Crippen molar-refractivity contribution in [1.29, 1.82) is 0 Å². The third kappa shape index (κ3) is 18.0. The summed E-state index contributed by atoms with van der Waals surface area (Å²) in [6.45, 7) is 6.27. The molecule has 0 bridgehead atoms. The summed E-state index contributed by atoms with van der Waals surface area (Å²) in [5.41, 5.74) is 11.6. The Balaban J connectivity index is 1.55. The molecule has 48 heavy (non-hydrogen) atoms. The number of nitrogens with one attached hydrogen (secondary N) is 2. The SMILES string of the molecule is CCCCCCCCCCCCCCCCCCCCCC(=O)OCCC(COC(=O)[C@@H](N)C(C)C)Cc1nc2nc(N)[nH]c(=O)c2[nH]1. The molecular weight excluding hydrogens is 608 g/mol. The molecule has 0 saturated heterocycles. The number of fused-ring (bicyclic) bond motifs is 1. The number of anilines is 1. The molecule has 0 aliphatic rings. The van der Waals surface area contributed by atoms with Gasteiger partial charge in [0.2, 0.25) is 5.95 Å². The molecule has 0 spiro atoms. The zero-order valence-corrected chi connectivity index (χ0v) is 30.3. The number of ether oxygens (including phenoxy) is 2. The maximum absolute atomic E-state index is 12.4. The first-order chi connectivity index (χ1) is 23.2. The van der Waals surface area contributed by atoms with Crippen LogP contribution in [-0.4, -0.2) is 51.1 Å². The number of nitrogen functional groups attached to an aromatic ring is 1. The first-order valence-corrected chi connectivity index (χ1v) is 19.0. The summed E-state index contributed by atoms with van der Waals surface area (Å²) in [6, 6.07) is -0.723. The van der Waals surface area contributed by atoms with Gasteiger partial charge < -0.3 is 25.9 Å². The molecule has 2 rings (SSSR count). The molecule has 0 fully saturated rings. The fraction of sp³-hybridized carbons (Fsp3) is 0.811. The maximum Gasteiger partial charge on any atom is 0.323 e. The number of nitrogens with two attached hydrogens (primary N) is 2. The van der Waals surface area contributed by atoms with Gasteiger partial charge in [-0.05, 0) is 18.8 Å². The molecule has 2 heterocycles. The van der Waals surface area contributed by atoms with Gasteiger partial charge in [0.25, 0.3) is 5.56 Å². The van der Waals surface area contributed by atoms with Crippen LogP contribution >= 0.6 is 0 Å². The number of hydrogen-bond donors (Lipinski definition) is 4. The van der Waals surface area contributed by atoms with Gasteiger partial charge in [0.1, 0.15) is 11.9 Å². The molecule has 0 aliphatic heterocycles. The Labute approximate surface area is 288 Å². The van der Waals surface area contributed by atoms with E-state index >= 15 is 0 Å². The number of hydrogen-bond acceptors (Lipinski definition) is 9. The van der Waals surface area contributed by atoms with Crippen molar-refractivity contribution in [3.05, 3.63) is 16.2 Å². The lowest BCUT2D eigenvalue weighted by molar-refractivity contribution is -0.149. The molecule has 0 aliphatic carbocycles. The van der Waals surface area contributed by atoms with Crippen LogP contribution in [0.2, 0.25) is 0 Å². The number of rotatable bonds is 29. The smallest absolute Gasteiger partial charge is 0.323 e. The second kappa shape index (κ2) is 25.1. The number of H-pyrrole nitrogens is 2. The van der Waals surface area contributed by atoms with E-state index in [0.717, 1.165) is 19.3 Å². The summed E-state index contributed by atoms with van der Waals surface area (Å²) in [5.74, 6) is -0.479. The van der Waals surface area contributed by atoms with E-state index in [0.29, 0.717) is 25.1 Å². The number of esters is 2. The molecule has 1 unspecified atom stereocenters. The largest absolute Gasteiger partial charge is 0.466 e. The minimum Gasteiger partial charge on any atom is -0.466 e. The Hall–Kier alpha value is -2.95. The van der Waals surface area contributed by atoms with Crippen LogP contribution < -0.4 is 17.0 Å². The number of imidazole rings is 1. The topological polar surface area (TPSA) is 179 Å². The Morgan fingerprint density at radius 1 is 0.750 bits per heavy atom. The average Bonchev–Trinajstić information content (AvgIpc) is 3.46. The standard InChI is InChI=1S/C37H66N6O5/c1-4-5-6-7-8-9-10-11-12-13-14-15-16-17-18-19-20-21-22-23-31(44)47-25-24-29(27-48-36(46)32(38)28(2)3)26-30-40-33-34(41-30)42-37(39)43-35(33)45/h28-29,32H,4-27,38H2,1-3H3,(H4,39,40,41,42,43,45)/t29?,32-/m0/s1. The second-order valence-corrected chi connectivity index (χ2v) is 13.9. The third-order valence-electron chi connectivity index (χ3n) is 9.14. The van der Waals surface area contributed by atoms with Crippen molar-refractivity contribution >= 4 is 29.1 Å².